The minimum Gasteiger partial charge on any atom is -0.427 e. The maximum absolute atomic E-state index is 5.39. The van der Waals surface area contributed by atoms with Crippen LogP contribution in [0.15, 0.2) is 48.5 Å². The fourth-order valence-electron chi connectivity index (χ4n) is 3.32. The highest BCUT2D eigenvalue weighted by Gasteiger charge is 2.06. The fourth-order valence-corrected chi connectivity index (χ4v) is 3.80. The molecule has 0 saturated carbocycles. The van der Waals surface area contributed by atoms with E-state index in [1.54, 1.807) is 0 Å². The minimum absolute atomic E-state index is 0.935. The molecule has 0 saturated heterocycles. The van der Waals surface area contributed by atoms with E-state index in [1.807, 2.05) is 42.9 Å². The van der Waals surface area contributed by atoms with Crippen molar-refractivity contribution in [3.8, 4) is 16.9 Å². The largest absolute Gasteiger partial charge is 0.427 e. The van der Waals surface area contributed by atoms with Crippen molar-refractivity contribution >= 4 is 45.9 Å². The van der Waals surface area contributed by atoms with Crippen molar-refractivity contribution in [3.63, 3.8) is 0 Å². The highest BCUT2D eigenvalue weighted by Crippen LogP contribution is 2.31. The molecule has 0 heterocycles. The predicted molar refractivity (Wildman–Crippen MR) is 118 cm³/mol. The lowest BCUT2D eigenvalue weighted by Gasteiger charge is -2.10. The van der Waals surface area contributed by atoms with Crippen LogP contribution in [-0.4, -0.2) is 0 Å². The van der Waals surface area contributed by atoms with Crippen LogP contribution in [-0.2, 0) is 0 Å². The van der Waals surface area contributed by atoms with Gasteiger partial charge in [-0.1, -0.05) is 56.3 Å². The van der Waals surface area contributed by atoms with Crippen LogP contribution in [0.1, 0.15) is 32.3 Å². The van der Waals surface area contributed by atoms with Gasteiger partial charge in [0.25, 0.3) is 0 Å². The molecule has 0 spiro atoms. The second-order valence-electron chi connectivity index (χ2n) is 6.03. The van der Waals surface area contributed by atoms with E-state index in [-0.39, 0.29) is 0 Å². The molecule has 0 radical (unpaired) electrons. The molecule has 1 aliphatic rings. The van der Waals surface area contributed by atoms with Crippen LogP contribution in [0, 0.1) is 6.92 Å². The number of halogens is 1. The van der Waals surface area contributed by atoms with Crippen molar-refractivity contribution in [2.24, 2.45) is 0 Å². The van der Waals surface area contributed by atoms with Crippen molar-refractivity contribution in [1.29, 1.82) is 0 Å². The summed E-state index contributed by atoms with van der Waals surface area (Å²) >= 11 is 1.94. The molecule has 0 aliphatic heterocycles. The predicted octanol–water partition coefficient (Wildman–Crippen LogP) is 5.93. The third kappa shape index (κ3) is 3.59. The molecule has 0 amide bonds. The zero-order valence-corrected chi connectivity index (χ0v) is 17.1. The van der Waals surface area contributed by atoms with E-state index in [2.05, 4.69) is 61.5 Å². The van der Waals surface area contributed by atoms with Gasteiger partial charge in [0.15, 0.2) is 23.0 Å². The summed E-state index contributed by atoms with van der Waals surface area (Å²) in [7, 11) is 0. The molecule has 25 heavy (non-hydrogen) atoms. The van der Waals surface area contributed by atoms with Crippen LogP contribution < -0.4 is 13.5 Å². The molecule has 3 aromatic rings. The zero-order valence-electron chi connectivity index (χ0n) is 15.0. The lowest BCUT2D eigenvalue weighted by Crippen LogP contribution is -2.26. The van der Waals surface area contributed by atoms with E-state index in [0.29, 0.717) is 0 Å². The Kier molecular flexibility index (Phi) is 5.79. The monoisotopic (exact) mass is 442 g/mol. The third-order valence-corrected chi connectivity index (χ3v) is 5.11. The lowest BCUT2D eigenvalue weighted by molar-refractivity contribution is 0.711. The van der Waals surface area contributed by atoms with Gasteiger partial charge in [0.2, 0.25) is 0 Å². The maximum atomic E-state index is 5.39. The molecule has 3 aromatic carbocycles. The Morgan fingerprint density at radius 2 is 1.48 bits per heavy atom. The average Bonchev–Trinajstić information content (AvgIpc) is 2.69. The lowest BCUT2D eigenvalue weighted by atomic mass is 9.97. The van der Waals surface area contributed by atoms with Crippen molar-refractivity contribution in [1.82, 2.24) is 0 Å². The SMILES string of the molecule is CC.Cc1c(OI)ccc2cc(-c3ccc4c(c3)=CCCC=4)ccc12. The van der Waals surface area contributed by atoms with Crippen molar-refractivity contribution in [2.75, 3.05) is 0 Å². The van der Waals surface area contributed by atoms with Crippen LogP contribution in [0.4, 0.5) is 0 Å². The smallest absolute Gasteiger partial charge is 0.192 e. The molecule has 0 atom stereocenters. The van der Waals surface area contributed by atoms with E-state index >= 15 is 0 Å². The fraction of sp³-hybridized carbons (Fsp3) is 0.217. The molecule has 1 aliphatic carbocycles. The van der Waals surface area contributed by atoms with Gasteiger partial charge in [-0.3, -0.25) is 0 Å². The molecule has 0 aromatic heterocycles. The topological polar surface area (TPSA) is 9.23 Å². The number of fused-ring (bicyclic) bond motifs is 2. The van der Waals surface area contributed by atoms with E-state index < -0.39 is 0 Å². The molecule has 2 heteroatoms. The first-order valence-electron chi connectivity index (χ1n) is 8.89. The highest BCUT2D eigenvalue weighted by atomic mass is 127. The Balaban J connectivity index is 0.000000880. The molecule has 0 unspecified atom stereocenters. The van der Waals surface area contributed by atoms with Crippen LogP contribution in [0.25, 0.3) is 34.1 Å². The van der Waals surface area contributed by atoms with Crippen molar-refractivity contribution in [3.05, 3.63) is 64.5 Å². The van der Waals surface area contributed by atoms with Crippen LogP contribution >= 0.6 is 23.0 Å². The summed E-state index contributed by atoms with van der Waals surface area (Å²) in [5.74, 6) is 0.935. The van der Waals surface area contributed by atoms with Gasteiger partial charge < -0.3 is 3.07 Å². The number of benzene rings is 3. The van der Waals surface area contributed by atoms with Crippen molar-refractivity contribution < 1.29 is 3.07 Å². The van der Waals surface area contributed by atoms with Gasteiger partial charge in [-0.15, -0.1) is 0 Å². The number of rotatable bonds is 2. The van der Waals surface area contributed by atoms with Crippen LogP contribution in [0.3, 0.4) is 0 Å². The van der Waals surface area contributed by atoms with Gasteiger partial charge in [0, 0.05) is 0 Å². The first-order chi connectivity index (χ1) is 12.3. The minimum atomic E-state index is 0.935. The van der Waals surface area contributed by atoms with Gasteiger partial charge in [-0.05, 0) is 75.9 Å². The maximum Gasteiger partial charge on any atom is 0.192 e. The van der Waals surface area contributed by atoms with Gasteiger partial charge in [0.05, 0.1) is 0 Å². The molecular formula is C23H23IO. The first kappa shape index (κ1) is 18.0. The third-order valence-electron chi connectivity index (χ3n) is 4.64. The molecule has 0 bridgehead atoms. The Morgan fingerprint density at radius 3 is 2.24 bits per heavy atom. The number of hydrogen-bond donors (Lipinski definition) is 0. The molecular weight excluding hydrogens is 419 g/mol. The highest BCUT2D eigenvalue weighted by molar-refractivity contribution is 14.1. The van der Waals surface area contributed by atoms with E-state index in [4.69, 9.17) is 3.07 Å². The standard InChI is InChI=1S/C21H17IO.C2H6/c1-14-20-10-8-18(13-19(20)9-11-21(14)23-22)17-7-6-15-4-2-3-5-16(15)12-17;1-2/h4-13H,2-3H2,1H3;1-2H3. The quantitative estimate of drug-likeness (QED) is 0.448. The van der Waals surface area contributed by atoms with E-state index in [0.717, 1.165) is 18.6 Å². The number of hydrogen-bond acceptors (Lipinski definition) is 1. The van der Waals surface area contributed by atoms with Crippen LogP contribution in [0.2, 0.25) is 0 Å². The molecule has 1 nitrogen and oxygen atoms in total. The summed E-state index contributed by atoms with van der Waals surface area (Å²) < 4.78 is 5.39. The molecule has 128 valence electrons. The molecule has 0 N–H and O–H groups in total. The normalized spacial score (nSPS) is 12.3. The van der Waals surface area contributed by atoms with Gasteiger partial charge in [-0.25, -0.2) is 0 Å². The Bertz CT molecular complexity index is 1020. The average molecular weight is 442 g/mol. The van der Waals surface area contributed by atoms with Gasteiger partial charge in [0.1, 0.15) is 5.75 Å². The van der Waals surface area contributed by atoms with Crippen LogP contribution in [0.5, 0.6) is 5.75 Å². The first-order valence-corrected chi connectivity index (χ1v) is 9.77. The summed E-state index contributed by atoms with van der Waals surface area (Å²) in [4.78, 5) is 0. The van der Waals surface area contributed by atoms with Gasteiger partial charge in [-0.2, -0.15) is 0 Å². The second kappa shape index (κ2) is 8.05. The summed E-state index contributed by atoms with van der Waals surface area (Å²) in [6.45, 7) is 6.11. The van der Waals surface area contributed by atoms with E-state index in [9.17, 15) is 0 Å². The summed E-state index contributed by atoms with van der Waals surface area (Å²) in [5, 5.41) is 5.23. The zero-order chi connectivity index (χ0) is 17.8. The van der Waals surface area contributed by atoms with Crippen molar-refractivity contribution in [2.45, 2.75) is 33.6 Å². The van der Waals surface area contributed by atoms with Gasteiger partial charge >= 0.3 is 0 Å². The Labute approximate surface area is 163 Å². The summed E-state index contributed by atoms with van der Waals surface area (Å²) in [6, 6.07) is 17.6. The second-order valence-corrected chi connectivity index (χ2v) is 6.47. The Hall–Kier alpha value is -1.81. The Morgan fingerprint density at radius 1 is 0.800 bits per heavy atom. The summed E-state index contributed by atoms with van der Waals surface area (Å²) in [5.41, 5.74) is 3.74. The van der Waals surface area contributed by atoms with E-state index in [1.165, 1.54) is 37.9 Å². The number of aryl methyl sites for hydroxylation is 1. The molecule has 0 fully saturated rings. The summed E-state index contributed by atoms with van der Waals surface area (Å²) in [6.07, 6.45) is 6.97. The molecule has 4 rings (SSSR count).